The number of epoxide rings is 1. The average molecular weight is 623 g/mol. The highest BCUT2D eigenvalue weighted by molar-refractivity contribution is 5.89. The SMILES string of the molecule is CCCCCCCC(=O)O[C@@H]1C[C@H](OC(C)=O)[C@@]2(C)C=C[C@@H](O)[C@@](C)(O)[C@@H]2[C@@H](OC(C)=O)[C@]23O[C@@]2(C)C(=O)O[C@H]3/C=C\1CO. The van der Waals surface area contributed by atoms with Crippen LogP contribution in [-0.2, 0) is 42.9 Å². The Labute approximate surface area is 257 Å². The Bertz CT molecular complexity index is 1210. The molecule has 246 valence electrons. The lowest BCUT2D eigenvalue weighted by atomic mass is 9.55. The number of hydrogen-bond donors (Lipinski definition) is 3. The van der Waals surface area contributed by atoms with Gasteiger partial charge in [0.25, 0.3) is 0 Å². The fourth-order valence-corrected chi connectivity index (χ4v) is 7.39. The molecule has 0 unspecified atom stereocenters. The molecule has 0 saturated carbocycles. The third-order valence-electron chi connectivity index (χ3n) is 9.83. The van der Waals surface area contributed by atoms with Crippen molar-refractivity contribution in [3.63, 3.8) is 0 Å². The molecule has 0 radical (unpaired) electrons. The quantitative estimate of drug-likeness (QED) is 0.107. The monoisotopic (exact) mass is 622 g/mol. The van der Waals surface area contributed by atoms with E-state index in [1.54, 1.807) is 13.0 Å². The number of esters is 4. The Morgan fingerprint density at radius 1 is 1.02 bits per heavy atom. The summed E-state index contributed by atoms with van der Waals surface area (Å²) >= 11 is 0. The zero-order chi connectivity index (χ0) is 32.7. The molecule has 44 heavy (non-hydrogen) atoms. The van der Waals surface area contributed by atoms with Gasteiger partial charge in [0.05, 0.1) is 12.2 Å². The van der Waals surface area contributed by atoms with Crippen molar-refractivity contribution in [1.29, 1.82) is 0 Å². The van der Waals surface area contributed by atoms with Gasteiger partial charge in [0, 0.05) is 38.0 Å². The minimum Gasteiger partial charge on any atom is -0.461 e. The van der Waals surface area contributed by atoms with Gasteiger partial charge >= 0.3 is 23.9 Å². The van der Waals surface area contributed by atoms with Gasteiger partial charge in [0.15, 0.2) is 17.3 Å². The molecular formula is C32H46O12. The number of carbonyl (C=O) groups excluding carboxylic acids is 4. The highest BCUT2D eigenvalue weighted by Crippen LogP contribution is 2.65. The van der Waals surface area contributed by atoms with Gasteiger partial charge in [-0.05, 0) is 31.9 Å². The van der Waals surface area contributed by atoms with E-state index in [4.69, 9.17) is 23.7 Å². The van der Waals surface area contributed by atoms with Crippen molar-refractivity contribution in [3.05, 3.63) is 23.8 Å². The number of ether oxygens (including phenoxy) is 5. The van der Waals surface area contributed by atoms with E-state index in [2.05, 4.69) is 6.92 Å². The normalized spacial score (nSPS) is 42.0. The number of rotatable bonds is 10. The lowest BCUT2D eigenvalue weighted by Crippen LogP contribution is -2.67. The van der Waals surface area contributed by atoms with E-state index in [0.717, 1.165) is 25.7 Å². The van der Waals surface area contributed by atoms with Crippen LogP contribution in [0.4, 0.5) is 0 Å². The smallest absolute Gasteiger partial charge is 0.342 e. The maximum atomic E-state index is 13.2. The number of hydrogen-bond acceptors (Lipinski definition) is 12. The van der Waals surface area contributed by atoms with Gasteiger partial charge in [-0.2, -0.15) is 0 Å². The molecular weight excluding hydrogens is 576 g/mol. The molecule has 2 fully saturated rings. The third-order valence-corrected chi connectivity index (χ3v) is 9.83. The van der Waals surface area contributed by atoms with Crippen LogP contribution in [0.1, 0.15) is 86.5 Å². The van der Waals surface area contributed by atoms with Crippen LogP contribution < -0.4 is 0 Å². The summed E-state index contributed by atoms with van der Waals surface area (Å²) in [6, 6.07) is 0. The van der Waals surface area contributed by atoms with Gasteiger partial charge in [-0.15, -0.1) is 0 Å². The van der Waals surface area contributed by atoms with Gasteiger partial charge in [-0.3, -0.25) is 14.4 Å². The predicted octanol–water partition coefficient (Wildman–Crippen LogP) is 2.20. The predicted molar refractivity (Wildman–Crippen MR) is 154 cm³/mol. The molecule has 0 aromatic rings. The third kappa shape index (κ3) is 5.81. The summed E-state index contributed by atoms with van der Waals surface area (Å²) in [6.45, 7) is 8.37. The van der Waals surface area contributed by atoms with Crippen molar-refractivity contribution in [2.24, 2.45) is 11.3 Å². The highest BCUT2D eigenvalue weighted by atomic mass is 16.7. The van der Waals surface area contributed by atoms with Crippen molar-refractivity contribution in [2.45, 2.75) is 134 Å². The Kier molecular flexibility index (Phi) is 9.71. The van der Waals surface area contributed by atoms with E-state index >= 15 is 0 Å². The summed E-state index contributed by atoms with van der Waals surface area (Å²) in [7, 11) is 0. The highest BCUT2D eigenvalue weighted by Gasteiger charge is 2.87. The molecule has 12 heteroatoms. The summed E-state index contributed by atoms with van der Waals surface area (Å²) in [4.78, 5) is 51.4. The molecule has 2 aliphatic heterocycles. The van der Waals surface area contributed by atoms with E-state index in [0.29, 0.717) is 6.42 Å². The topological polar surface area (TPSA) is 178 Å². The Balaban J connectivity index is 1.88. The molecule has 10 atom stereocenters. The Hall–Kier alpha value is -2.80. The van der Waals surface area contributed by atoms with Crippen molar-refractivity contribution in [1.82, 2.24) is 0 Å². The number of fused-ring (bicyclic) bond motifs is 1. The zero-order valence-electron chi connectivity index (χ0n) is 26.4. The molecule has 2 saturated heterocycles. The Morgan fingerprint density at radius 2 is 1.68 bits per heavy atom. The van der Waals surface area contributed by atoms with Crippen LogP contribution in [0, 0.1) is 11.3 Å². The standard InChI is InChI=1S/C32H46O12/c1-7-8-9-10-11-12-25(37)42-21-16-23(40-18(2)34)29(4)14-13-22(36)30(5,39)26(29)27(41-19(3)35)32-24(15-20(21)17-33)43-28(38)31(32,6)44-32/h13-15,21-24,26-27,33,36,39H,7-12,16-17H2,1-6H3/b20-15-/t21-,22-,23+,24+,26-,27-,29-,30-,31+,32+/m1/s1. The molecule has 0 amide bonds. The first-order chi connectivity index (χ1) is 20.6. The summed E-state index contributed by atoms with van der Waals surface area (Å²) in [5.41, 5.74) is -6.53. The second kappa shape index (κ2) is 12.5. The first-order valence-electron chi connectivity index (χ1n) is 15.4. The molecule has 4 rings (SSSR count). The molecule has 4 aliphatic rings. The molecule has 12 nitrogen and oxygen atoms in total. The minimum atomic E-state index is -2.01. The molecule has 2 aliphatic carbocycles. The van der Waals surface area contributed by atoms with Crippen LogP contribution >= 0.6 is 0 Å². The van der Waals surface area contributed by atoms with Crippen molar-refractivity contribution in [3.8, 4) is 0 Å². The summed E-state index contributed by atoms with van der Waals surface area (Å²) in [5.74, 6) is -3.93. The molecule has 2 heterocycles. The summed E-state index contributed by atoms with van der Waals surface area (Å²) in [6.07, 6.45) is 2.56. The lowest BCUT2D eigenvalue weighted by Gasteiger charge is -2.54. The van der Waals surface area contributed by atoms with Crippen molar-refractivity contribution >= 4 is 23.9 Å². The number of aliphatic hydroxyl groups is 3. The van der Waals surface area contributed by atoms with Crippen LogP contribution in [0.15, 0.2) is 23.8 Å². The fraction of sp³-hybridized carbons (Fsp3) is 0.750. The van der Waals surface area contributed by atoms with Crippen LogP contribution in [0.2, 0.25) is 0 Å². The minimum absolute atomic E-state index is 0.135. The van der Waals surface area contributed by atoms with E-state index in [-0.39, 0.29) is 18.4 Å². The van der Waals surface area contributed by atoms with Crippen molar-refractivity contribution < 1.29 is 58.2 Å². The molecule has 0 aromatic heterocycles. The van der Waals surface area contributed by atoms with E-state index in [1.807, 2.05) is 0 Å². The van der Waals surface area contributed by atoms with E-state index in [1.165, 1.54) is 39.8 Å². The van der Waals surface area contributed by atoms with Crippen molar-refractivity contribution in [2.75, 3.05) is 6.61 Å². The maximum absolute atomic E-state index is 13.2. The van der Waals surface area contributed by atoms with Gasteiger partial charge < -0.3 is 39.0 Å². The number of unbranched alkanes of at least 4 members (excludes halogenated alkanes) is 4. The summed E-state index contributed by atoms with van der Waals surface area (Å²) in [5, 5.41) is 33.5. The lowest BCUT2D eigenvalue weighted by molar-refractivity contribution is -0.215. The first kappa shape index (κ1) is 34.1. The second-order valence-electron chi connectivity index (χ2n) is 13.0. The maximum Gasteiger partial charge on any atom is 0.342 e. The summed E-state index contributed by atoms with van der Waals surface area (Å²) < 4.78 is 29.5. The van der Waals surface area contributed by atoms with Gasteiger partial charge in [-0.25, -0.2) is 4.79 Å². The fourth-order valence-electron chi connectivity index (χ4n) is 7.39. The van der Waals surface area contributed by atoms with E-state index < -0.39 is 89.1 Å². The van der Waals surface area contributed by atoms with Gasteiger partial charge in [-0.1, -0.05) is 51.7 Å². The second-order valence-corrected chi connectivity index (χ2v) is 13.0. The number of carbonyl (C=O) groups is 4. The average Bonchev–Trinajstić information content (AvgIpc) is 3.52. The molecule has 0 aromatic carbocycles. The zero-order valence-corrected chi connectivity index (χ0v) is 26.4. The number of aliphatic hydroxyl groups excluding tert-OH is 2. The largest absolute Gasteiger partial charge is 0.461 e. The molecule has 3 N–H and O–H groups in total. The van der Waals surface area contributed by atoms with Crippen LogP contribution in [0.3, 0.4) is 0 Å². The van der Waals surface area contributed by atoms with Gasteiger partial charge in [0.1, 0.15) is 24.4 Å². The molecule has 1 spiro atoms. The molecule has 0 bridgehead atoms. The van der Waals surface area contributed by atoms with Gasteiger partial charge in [0.2, 0.25) is 0 Å². The van der Waals surface area contributed by atoms with Crippen LogP contribution in [-0.4, -0.2) is 93.1 Å². The van der Waals surface area contributed by atoms with Crippen LogP contribution in [0.25, 0.3) is 0 Å². The van der Waals surface area contributed by atoms with Crippen LogP contribution in [0.5, 0.6) is 0 Å². The van der Waals surface area contributed by atoms with E-state index in [9.17, 15) is 34.5 Å². The Morgan fingerprint density at radius 3 is 2.27 bits per heavy atom. The first-order valence-corrected chi connectivity index (χ1v) is 15.4.